The summed E-state index contributed by atoms with van der Waals surface area (Å²) in [7, 11) is 0. The number of fused-ring (bicyclic) bond motifs is 11. The summed E-state index contributed by atoms with van der Waals surface area (Å²) in [6.07, 6.45) is 0. The zero-order chi connectivity index (χ0) is 50.8. The number of para-hydroxylation sites is 3. The first kappa shape index (κ1) is 44.3. The van der Waals surface area contributed by atoms with Crippen LogP contribution in [-0.4, -0.2) is 0 Å². The highest BCUT2D eigenvalue weighted by Crippen LogP contribution is 2.46. The molecule has 0 aliphatic carbocycles. The molecule has 3 nitrogen and oxygen atoms in total. The van der Waals surface area contributed by atoms with E-state index < -0.39 is 0 Å². The summed E-state index contributed by atoms with van der Waals surface area (Å²) in [6, 6.07) is 106. The normalized spacial score (nSPS) is 11.6. The second kappa shape index (κ2) is 18.3. The van der Waals surface area contributed by atoms with Crippen LogP contribution in [0.1, 0.15) is 0 Å². The summed E-state index contributed by atoms with van der Waals surface area (Å²) in [4.78, 5) is 4.77. The first-order valence-corrected chi connectivity index (χ1v) is 26.4. The molecule has 3 heteroatoms. The van der Waals surface area contributed by atoms with Crippen LogP contribution < -0.4 is 9.80 Å². The van der Waals surface area contributed by atoms with Crippen molar-refractivity contribution in [3.05, 3.63) is 291 Å². The molecule has 360 valence electrons. The van der Waals surface area contributed by atoms with Gasteiger partial charge in [0.2, 0.25) is 0 Å². The molecule has 0 spiro atoms. The molecule has 15 aromatic rings. The zero-order valence-electron chi connectivity index (χ0n) is 42.0. The van der Waals surface area contributed by atoms with Gasteiger partial charge < -0.3 is 14.2 Å². The highest BCUT2D eigenvalue weighted by atomic mass is 16.3. The third kappa shape index (κ3) is 7.51. The zero-order valence-corrected chi connectivity index (χ0v) is 42.0. The van der Waals surface area contributed by atoms with Crippen molar-refractivity contribution in [2.75, 3.05) is 9.80 Å². The predicted octanol–water partition coefficient (Wildman–Crippen LogP) is 21.3. The summed E-state index contributed by atoms with van der Waals surface area (Å²) < 4.78 is 6.21. The molecule has 0 unspecified atom stereocenters. The molecule has 77 heavy (non-hydrogen) atoms. The molecule has 14 aromatic carbocycles. The summed E-state index contributed by atoms with van der Waals surface area (Å²) >= 11 is 0. The van der Waals surface area contributed by atoms with Crippen molar-refractivity contribution in [1.82, 2.24) is 0 Å². The second-order valence-corrected chi connectivity index (χ2v) is 19.9. The van der Waals surface area contributed by atoms with Gasteiger partial charge >= 0.3 is 0 Å². The highest BCUT2D eigenvalue weighted by molar-refractivity contribution is 6.26. The van der Waals surface area contributed by atoms with Gasteiger partial charge in [-0.15, -0.1) is 0 Å². The molecule has 0 fully saturated rings. The molecule has 0 atom stereocenters. The SMILES string of the molecule is c1ccc(N(c2ccccc2)c2ccc(-c3ccc(N(c4ccc(-c5ccc(-c6ccc7oc8ccccc8c7c6)c6ccccc56)cc4)c4ccc5c6ccccc6c6ccccc6c5c4)cc3)c3ccccc23)cc1. The molecule has 0 aliphatic rings. The molecule has 0 aliphatic heterocycles. The number of nitrogens with zero attached hydrogens (tertiary/aromatic N) is 2. The van der Waals surface area contributed by atoms with Gasteiger partial charge in [-0.2, -0.15) is 0 Å². The number of benzene rings is 14. The lowest BCUT2D eigenvalue weighted by Gasteiger charge is -2.28. The maximum absolute atomic E-state index is 6.21. The van der Waals surface area contributed by atoms with Crippen molar-refractivity contribution in [2.45, 2.75) is 0 Å². The van der Waals surface area contributed by atoms with E-state index >= 15 is 0 Å². The molecule has 0 bridgehead atoms. The molecular formula is C74H48N2O. The van der Waals surface area contributed by atoms with Gasteiger partial charge in [0.05, 0.1) is 5.69 Å². The van der Waals surface area contributed by atoms with E-state index in [1.165, 1.54) is 76.1 Å². The van der Waals surface area contributed by atoms with E-state index in [0.717, 1.165) is 67.2 Å². The minimum atomic E-state index is 0.903. The lowest BCUT2D eigenvalue weighted by Crippen LogP contribution is -2.10. The fourth-order valence-electron chi connectivity index (χ4n) is 12.1. The monoisotopic (exact) mass is 980 g/mol. The van der Waals surface area contributed by atoms with Gasteiger partial charge in [-0.25, -0.2) is 0 Å². The summed E-state index contributed by atoms with van der Waals surface area (Å²) in [6.45, 7) is 0. The Morgan fingerprint density at radius 2 is 0.571 bits per heavy atom. The minimum Gasteiger partial charge on any atom is -0.456 e. The van der Waals surface area contributed by atoms with Crippen molar-refractivity contribution in [3.63, 3.8) is 0 Å². The van der Waals surface area contributed by atoms with Crippen molar-refractivity contribution >= 4 is 110 Å². The van der Waals surface area contributed by atoms with Gasteiger partial charge in [0.15, 0.2) is 0 Å². The average molecular weight is 981 g/mol. The van der Waals surface area contributed by atoms with Crippen LogP contribution in [-0.2, 0) is 0 Å². The number of hydrogen-bond acceptors (Lipinski definition) is 3. The number of rotatable bonds is 9. The third-order valence-corrected chi connectivity index (χ3v) is 15.6. The minimum absolute atomic E-state index is 0.903. The molecule has 15 rings (SSSR count). The number of anilines is 6. The maximum atomic E-state index is 6.21. The Morgan fingerprint density at radius 1 is 0.195 bits per heavy atom. The van der Waals surface area contributed by atoms with Crippen LogP contribution in [0.3, 0.4) is 0 Å². The Bertz CT molecular complexity index is 4660. The lowest BCUT2D eigenvalue weighted by atomic mass is 9.91. The van der Waals surface area contributed by atoms with Crippen LogP contribution in [0.2, 0.25) is 0 Å². The van der Waals surface area contributed by atoms with Crippen molar-refractivity contribution in [2.24, 2.45) is 0 Å². The molecule has 0 saturated heterocycles. The number of furan rings is 1. The predicted molar refractivity (Wildman–Crippen MR) is 327 cm³/mol. The van der Waals surface area contributed by atoms with E-state index in [2.05, 4.69) is 289 Å². The third-order valence-electron chi connectivity index (χ3n) is 15.6. The van der Waals surface area contributed by atoms with E-state index in [9.17, 15) is 0 Å². The van der Waals surface area contributed by atoms with Gasteiger partial charge in [-0.05, 0) is 167 Å². The van der Waals surface area contributed by atoms with E-state index in [1.807, 2.05) is 12.1 Å². The van der Waals surface area contributed by atoms with Crippen LogP contribution in [0.5, 0.6) is 0 Å². The van der Waals surface area contributed by atoms with E-state index in [4.69, 9.17) is 4.42 Å². The smallest absolute Gasteiger partial charge is 0.135 e. The molecule has 0 radical (unpaired) electrons. The Balaban J connectivity index is 0.845. The van der Waals surface area contributed by atoms with Crippen LogP contribution >= 0.6 is 0 Å². The molecular weight excluding hydrogens is 933 g/mol. The topological polar surface area (TPSA) is 19.6 Å². The average Bonchev–Trinajstić information content (AvgIpc) is 3.92. The Kier molecular flexibility index (Phi) is 10.5. The quantitative estimate of drug-likeness (QED) is 0.134. The van der Waals surface area contributed by atoms with E-state index in [-0.39, 0.29) is 0 Å². The molecule has 0 saturated carbocycles. The van der Waals surface area contributed by atoms with Crippen LogP contribution in [0.25, 0.3) is 109 Å². The Labute approximate surface area is 446 Å². The summed E-state index contributed by atoms with van der Waals surface area (Å²) in [5.74, 6) is 0. The molecule has 0 amide bonds. The van der Waals surface area contributed by atoms with Gasteiger partial charge in [0, 0.05) is 44.6 Å². The van der Waals surface area contributed by atoms with Crippen molar-refractivity contribution < 1.29 is 4.42 Å². The molecule has 1 aromatic heterocycles. The summed E-state index contributed by atoms with van der Waals surface area (Å²) in [5, 5.41) is 14.6. The van der Waals surface area contributed by atoms with Gasteiger partial charge in [-0.1, -0.05) is 206 Å². The van der Waals surface area contributed by atoms with Crippen LogP contribution in [0.4, 0.5) is 34.1 Å². The molecule has 0 N–H and O–H groups in total. The largest absolute Gasteiger partial charge is 0.456 e. The van der Waals surface area contributed by atoms with Gasteiger partial charge in [-0.3, -0.25) is 0 Å². The van der Waals surface area contributed by atoms with Crippen LogP contribution in [0.15, 0.2) is 296 Å². The van der Waals surface area contributed by atoms with E-state index in [0.29, 0.717) is 0 Å². The maximum Gasteiger partial charge on any atom is 0.135 e. The van der Waals surface area contributed by atoms with E-state index in [1.54, 1.807) is 0 Å². The fourth-order valence-corrected chi connectivity index (χ4v) is 12.1. The Morgan fingerprint density at radius 3 is 1.13 bits per heavy atom. The first-order valence-electron chi connectivity index (χ1n) is 26.4. The second-order valence-electron chi connectivity index (χ2n) is 19.9. The summed E-state index contributed by atoms with van der Waals surface area (Å²) in [5.41, 5.74) is 15.5. The number of hydrogen-bond donors (Lipinski definition) is 0. The lowest BCUT2D eigenvalue weighted by molar-refractivity contribution is 0.669. The highest BCUT2D eigenvalue weighted by Gasteiger charge is 2.20. The van der Waals surface area contributed by atoms with Gasteiger partial charge in [0.1, 0.15) is 11.2 Å². The van der Waals surface area contributed by atoms with Crippen LogP contribution in [0, 0.1) is 0 Å². The first-order chi connectivity index (χ1) is 38.2. The fraction of sp³-hybridized carbons (Fsp3) is 0. The van der Waals surface area contributed by atoms with Crippen molar-refractivity contribution in [3.8, 4) is 33.4 Å². The van der Waals surface area contributed by atoms with Gasteiger partial charge in [0.25, 0.3) is 0 Å². The standard InChI is InChI=1S/C74H48N2O/c1-3-17-52(18-4-1)76(53-19-5-2-6-20-53)72-45-44-58(62-23-13-14-28-68(62)72)50-33-38-55(39-34-50)75(56-40-41-67-65-26-10-9-24-63(65)64-25-11-12-27-66(64)70(67)48-56)54-36-31-49(32-37-54)57-42-43-59(61-22-8-7-21-60(57)61)51-35-46-74-71(47-51)69-29-15-16-30-73(69)77-74/h1-48H. The molecule has 1 heterocycles. The van der Waals surface area contributed by atoms with Crippen molar-refractivity contribution in [1.29, 1.82) is 0 Å². The Hall–Kier alpha value is -10.2.